The number of rotatable bonds is 4. The van der Waals surface area contributed by atoms with Crippen LogP contribution in [-0.4, -0.2) is 27.1 Å². The Morgan fingerprint density at radius 3 is 2.89 bits per heavy atom. The van der Waals surface area contributed by atoms with Gasteiger partial charge in [0.15, 0.2) is 11.6 Å². The summed E-state index contributed by atoms with van der Waals surface area (Å²) in [7, 11) is 0. The Kier molecular flexibility index (Phi) is 3.72. The fourth-order valence-corrected chi connectivity index (χ4v) is 1.33. The van der Waals surface area contributed by atoms with Crippen LogP contribution >= 0.6 is 0 Å². The first kappa shape index (κ1) is 12.6. The zero-order valence-corrected chi connectivity index (χ0v) is 9.78. The van der Waals surface area contributed by atoms with Crippen LogP contribution in [0.5, 0.6) is 0 Å². The molecular formula is C11H11N5O3. The number of oxime groups is 1. The molecule has 2 heterocycles. The van der Waals surface area contributed by atoms with Gasteiger partial charge in [-0.25, -0.2) is 0 Å². The molecule has 0 bridgehead atoms. The van der Waals surface area contributed by atoms with E-state index in [0.29, 0.717) is 11.3 Å². The van der Waals surface area contributed by atoms with Gasteiger partial charge in [-0.2, -0.15) is 0 Å². The van der Waals surface area contributed by atoms with E-state index >= 15 is 0 Å². The lowest BCUT2D eigenvalue weighted by Gasteiger charge is -2.03. The number of pyridine rings is 1. The molecule has 98 valence electrons. The van der Waals surface area contributed by atoms with E-state index in [2.05, 4.69) is 20.6 Å². The lowest BCUT2D eigenvalue weighted by atomic mass is 10.2. The largest absolute Gasteiger partial charge is 0.409 e. The van der Waals surface area contributed by atoms with Crippen LogP contribution in [-0.2, 0) is 6.54 Å². The van der Waals surface area contributed by atoms with Gasteiger partial charge in [0.25, 0.3) is 5.91 Å². The van der Waals surface area contributed by atoms with Crippen molar-refractivity contribution in [3.63, 3.8) is 0 Å². The van der Waals surface area contributed by atoms with Gasteiger partial charge in [0.05, 0.1) is 12.7 Å². The van der Waals surface area contributed by atoms with E-state index in [1.807, 2.05) is 0 Å². The van der Waals surface area contributed by atoms with Crippen LogP contribution in [0.4, 0.5) is 0 Å². The van der Waals surface area contributed by atoms with Crippen LogP contribution in [0.2, 0.25) is 0 Å². The minimum Gasteiger partial charge on any atom is -0.409 e. The fraction of sp³-hybridized carbons (Fsp3) is 0.0909. The Balaban J connectivity index is 1.99. The fourth-order valence-electron chi connectivity index (χ4n) is 1.33. The molecule has 2 aromatic heterocycles. The molecule has 2 rings (SSSR count). The molecule has 2 aromatic rings. The van der Waals surface area contributed by atoms with E-state index in [-0.39, 0.29) is 24.0 Å². The maximum absolute atomic E-state index is 11.7. The molecule has 0 spiro atoms. The van der Waals surface area contributed by atoms with Crippen LogP contribution < -0.4 is 11.1 Å². The Hall–Kier alpha value is -2.90. The normalized spacial score (nSPS) is 11.3. The third-order valence-corrected chi connectivity index (χ3v) is 2.31. The van der Waals surface area contributed by atoms with Gasteiger partial charge in [-0.05, 0) is 12.1 Å². The Morgan fingerprint density at radius 1 is 1.47 bits per heavy atom. The van der Waals surface area contributed by atoms with E-state index in [1.165, 1.54) is 24.5 Å². The first-order chi connectivity index (χ1) is 9.20. The van der Waals surface area contributed by atoms with Crippen LogP contribution in [0, 0.1) is 0 Å². The van der Waals surface area contributed by atoms with E-state index in [0.717, 1.165) is 0 Å². The molecule has 8 nitrogen and oxygen atoms in total. The molecule has 8 heteroatoms. The first-order valence-electron chi connectivity index (χ1n) is 5.32. The van der Waals surface area contributed by atoms with Crippen molar-refractivity contribution in [1.82, 2.24) is 15.5 Å². The zero-order valence-electron chi connectivity index (χ0n) is 9.78. The van der Waals surface area contributed by atoms with Crippen LogP contribution in [0.1, 0.15) is 21.8 Å². The van der Waals surface area contributed by atoms with Crippen molar-refractivity contribution in [2.24, 2.45) is 10.9 Å². The number of amides is 1. The van der Waals surface area contributed by atoms with Crippen molar-refractivity contribution in [2.45, 2.75) is 6.54 Å². The van der Waals surface area contributed by atoms with Crippen LogP contribution in [0.3, 0.4) is 0 Å². The third kappa shape index (κ3) is 3.06. The van der Waals surface area contributed by atoms with Crippen molar-refractivity contribution in [1.29, 1.82) is 0 Å². The smallest absolute Gasteiger partial charge is 0.270 e. The molecule has 0 atom stereocenters. The number of hydrogen-bond acceptors (Lipinski definition) is 6. The average Bonchev–Trinajstić information content (AvgIpc) is 2.97. The van der Waals surface area contributed by atoms with Crippen molar-refractivity contribution in [3.05, 3.63) is 47.6 Å². The molecule has 4 N–H and O–H groups in total. The topological polar surface area (TPSA) is 127 Å². The summed E-state index contributed by atoms with van der Waals surface area (Å²) in [6.07, 6.45) is 2.84. The molecule has 0 aliphatic carbocycles. The Bertz CT molecular complexity index is 577. The van der Waals surface area contributed by atoms with Gasteiger partial charge in [-0.15, -0.1) is 0 Å². The van der Waals surface area contributed by atoms with Crippen molar-refractivity contribution in [3.8, 4) is 0 Å². The predicted octanol–water partition coefficient (Wildman–Crippen LogP) is 0.0941. The number of amidine groups is 1. The lowest BCUT2D eigenvalue weighted by molar-refractivity contribution is 0.0942. The number of carbonyl (C=O) groups is 1. The van der Waals surface area contributed by atoms with E-state index in [1.54, 1.807) is 6.07 Å². The van der Waals surface area contributed by atoms with E-state index in [4.69, 9.17) is 15.5 Å². The number of nitrogens with one attached hydrogen (secondary N) is 1. The number of nitrogens with two attached hydrogens (primary N) is 1. The third-order valence-electron chi connectivity index (χ3n) is 2.31. The van der Waals surface area contributed by atoms with Crippen molar-refractivity contribution >= 4 is 11.7 Å². The van der Waals surface area contributed by atoms with Crippen LogP contribution in [0.25, 0.3) is 0 Å². The molecular weight excluding hydrogens is 250 g/mol. The molecule has 0 fully saturated rings. The highest BCUT2D eigenvalue weighted by Crippen LogP contribution is 2.01. The summed E-state index contributed by atoms with van der Waals surface area (Å²) >= 11 is 0. The monoisotopic (exact) mass is 261 g/mol. The summed E-state index contributed by atoms with van der Waals surface area (Å²) in [6.45, 7) is 0.225. The quantitative estimate of drug-likeness (QED) is 0.310. The van der Waals surface area contributed by atoms with Gasteiger partial charge in [0, 0.05) is 17.8 Å². The number of aromatic nitrogens is 2. The first-order valence-corrected chi connectivity index (χ1v) is 5.32. The second-order valence-electron chi connectivity index (χ2n) is 3.58. The molecule has 0 aromatic carbocycles. The SMILES string of the molecule is N/C(=N/O)c1ccc(C(=O)NCc2ccno2)nc1. The van der Waals surface area contributed by atoms with Gasteiger partial charge in [-0.1, -0.05) is 10.3 Å². The van der Waals surface area contributed by atoms with Crippen LogP contribution in [0.15, 0.2) is 40.3 Å². The highest BCUT2D eigenvalue weighted by Gasteiger charge is 2.09. The highest BCUT2D eigenvalue weighted by molar-refractivity contribution is 5.98. The zero-order chi connectivity index (χ0) is 13.7. The second-order valence-corrected chi connectivity index (χ2v) is 3.58. The summed E-state index contributed by atoms with van der Waals surface area (Å²) in [4.78, 5) is 15.7. The van der Waals surface area contributed by atoms with Gasteiger partial charge in [0.1, 0.15) is 5.69 Å². The second kappa shape index (κ2) is 5.63. The molecule has 1 amide bonds. The molecule has 0 aliphatic rings. The number of nitrogens with zero attached hydrogens (tertiary/aromatic N) is 3. The van der Waals surface area contributed by atoms with Gasteiger partial charge in [-0.3, -0.25) is 9.78 Å². The minimum absolute atomic E-state index is 0.0684. The molecule has 0 aliphatic heterocycles. The maximum atomic E-state index is 11.7. The van der Waals surface area contributed by atoms with Crippen molar-refractivity contribution in [2.75, 3.05) is 0 Å². The summed E-state index contributed by atoms with van der Waals surface area (Å²) in [6, 6.07) is 4.66. The number of carbonyl (C=O) groups excluding carboxylic acids is 1. The predicted molar refractivity (Wildman–Crippen MR) is 64.4 cm³/mol. The minimum atomic E-state index is -0.359. The average molecular weight is 261 g/mol. The molecule has 0 saturated carbocycles. The van der Waals surface area contributed by atoms with Gasteiger partial charge >= 0.3 is 0 Å². The van der Waals surface area contributed by atoms with E-state index in [9.17, 15) is 4.79 Å². The summed E-state index contributed by atoms with van der Waals surface area (Å²) < 4.78 is 4.84. The van der Waals surface area contributed by atoms with E-state index < -0.39 is 0 Å². The van der Waals surface area contributed by atoms with Gasteiger partial charge in [0.2, 0.25) is 0 Å². The maximum Gasteiger partial charge on any atom is 0.270 e. The highest BCUT2D eigenvalue weighted by atomic mass is 16.5. The van der Waals surface area contributed by atoms with Crippen molar-refractivity contribution < 1.29 is 14.5 Å². The Morgan fingerprint density at radius 2 is 2.32 bits per heavy atom. The molecule has 19 heavy (non-hydrogen) atoms. The number of hydrogen-bond donors (Lipinski definition) is 3. The Labute approximate surface area is 107 Å². The molecule has 0 unspecified atom stereocenters. The van der Waals surface area contributed by atoms with Gasteiger partial charge < -0.3 is 20.8 Å². The molecule has 0 saturated heterocycles. The summed E-state index contributed by atoms with van der Waals surface area (Å²) in [5.74, 6) is 0.116. The molecule has 0 radical (unpaired) electrons. The lowest BCUT2D eigenvalue weighted by Crippen LogP contribution is -2.24. The summed E-state index contributed by atoms with van der Waals surface area (Å²) in [5, 5.41) is 17.5. The standard InChI is InChI=1S/C11H11N5O3/c12-10(16-18)7-1-2-9(13-5-7)11(17)14-6-8-3-4-15-19-8/h1-5,18H,6H2,(H2,12,16)(H,14,17). The summed E-state index contributed by atoms with van der Waals surface area (Å²) in [5.41, 5.74) is 6.03.